The average Bonchev–Trinajstić information content (AvgIpc) is 3.19. The molecule has 4 heteroatoms. The minimum atomic E-state index is -0.465. The highest BCUT2D eigenvalue weighted by atomic mass is 35.5. The minimum absolute atomic E-state index is 0.0693. The predicted octanol–water partition coefficient (Wildman–Crippen LogP) is 2.76. The zero-order chi connectivity index (χ0) is 14.8. The number of amides is 1. The van der Waals surface area contributed by atoms with E-state index in [0.717, 1.165) is 5.56 Å². The second kappa shape index (κ2) is 6.15. The van der Waals surface area contributed by atoms with Gasteiger partial charge >= 0.3 is 0 Å². The number of hydrogen-bond donors (Lipinski definition) is 2. The first-order valence-corrected chi connectivity index (χ1v) is 7.55. The standard InChI is InChI=1S/C16H23ClN2O/c1-16(2,9-11-4-3-5-13(17)8-11)15(20)19-14(10-18)12-6-7-12/h3-5,8,12,14H,6-7,9-10,18H2,1-2H3,(H,19,20). The van der Waals surface area contributed by atoms with Crippen LogP contribution in [0.3, 0.4) is 0 Å². The number of halogens is 1. The number of nitrogens with two attached hydrogens (primary N) is 1. The predicted molar refractivity (Wildman–Crippen MR) is 82.6 cm³/mol. The van der Waals surface area contributed by atoms with Crippen LogP contribution in [-0.4, -0.2) is 18.5 Å². The molecular formula is C16H23ClN2O. The van der Waals surface area contributed by atoms with Crippen molar-refractivity contribution >= 4 is 17.5 Å². The van der Waals surface area contributed by atoms with E-state index in [-0.39, 0.29) is 11.9 Å². The summed E-state index contributed by atoms with van der Waals surface area (Å²) in [6.45, 7) is 4.44. The van der Waals surface area contributed by atoms with Crippen LogP contribution in [0.2, 0.25) is 5.02 Å². The van der Waals surface area contributed by atoms with Crippen LogP contribution in [0.15, 0.2) is 24.3 Å². The van der Waals surface area contributed by atoms with Crippen LogP contribution in [-0.2, 0) is 11.2 Å². The lowest BCUT2D eigenvalue weighted by Crippen LogP contribution is -2.47. The summed E-state index contributed by atoms with van der Waals surface area (Å²) in [6, 6.07) is 7.80. The zero-order valence-electron chi connectivity index (χ0n) is 12.2. The largest absolute Gasteiger partial charge is 0.351 e. The Hall–Kier alpha value is -1.06. The highest BCUT2D eigenvalue weighted by Gasteiger charge is 2.35. The van der Waals surface area contributed by atoms with Crippen molar-refractivity contribution in [3.8, 4) is 0 Å². The van der Waals surface area contributed by atoms with Gasteiger partial charge in [0.2, 0.25) is 5.91 Å². The molecule has 0 saturated heterocycles. The van der Waals surface area contributed by atoms with Gasteiger partial charge in [-0.1, -0.05) is 37.6 Å². The molecule has 0 heterocycles. The monoisotopic (exact) mass is 294 g/mol. The molecule has 0 aliphatic heterocycles. The molecule has 3 nitrogen and oxygen atoms in total. The number of carbonyl (C=O) groups is 1. The van der Waals surface area contributed by atoms with Gasteiger partial charge in [-0.05, 0) is 42.9 Å². The quantitative estimate of drug-likeness (QED) is 0.847. The fourth-order valence-electron chi connectivity index (χ4n) is 2.47. The van der Waals surface area contributed by atoms with Gasteiger partial charge in [-0.25, -0.2) is 0 Å². The average molecular weight is 295 g/mol. The van der Waals surface area contributed by atoms with E-state index in [0.29, 0.717) is 23.9 Å². The third kappa shape index (κ3) is 3.97. The van der Waals surface area contributed by atoms with E-state index in [1.165, 1.54) is 12.8 Å². The van der Waals surface area contributed by atoms with Gasteiger partial charge in [-0.3, -0.25) is 4.79 Å². The SMILES string of the molecule is CC(C)(Cc1cccc(Cl)c1)C(=O)NC(CN)C1CC1. The summed E-state index contributed by atoms with van der Waals surface area (Å²) in [5, 5.41) is 3.81. The Morgan fingerprint density at radius 1 is 1.50 bits per heavy atom. The van der Waals surface area contributed by atoms with Crippen molar-refractivity contribution in [3.05, 3.63) is 34.9 Å². The van der Waals surface area contributed by atoms with Crippen LogP contribution in [0.4, 0.5) is 0 Å². The molecule has 1 saturated carbocycles. The van der Waals surface area contributed by atoms with E-state index < -0.39 is 5.41 Å². The van der Waals surface area contributed by atoms with Crippen molar-refractivity contribution < 1.29 is 4.79 Å². The molecule has 0 aromatic heterocycles. The zero-order valence-corrected chi connectivity index (χ0v) is 12.9. The first-order chi connectivity index (χ1) is 9.42. The van der Waals surface area contributed by atoms with Crippen LogP contribution >= 0.6 is 11.6 Å². The summed E-state index contributed by atoms with van der Waals surface area (Å²) >= 11 is 5.99. The van der Waals surface area contributed by atoms with Crippen LogP contribution in [0.25, 0.3) is 0 Å². The highest BCUT2D eigenvalue weighted by molar-refractivity contribution is 6.30. The molecular weight excluding hydrogens is 272 g/mol. The smallest absolute Gasteiger partial charge is 0.226 e. The Balaban J connectivity index is 1.99. The van der Waals surface area contributed by atoms with Crippen molar-refractivity contribution in [2.45, 2.75) is 39.2 Å². The fraction of sp³-hybridized carbons (Fsp3) is 0.562. The lowest BCUT2D eigenvalue weighted by molar-refractivity contribution is -0.130. The highest BCUT2D eigenvalue weighted by Crippen LogP contribution is 2.33. The molecule has 0 bridgehead atoms. The number of benzene rings is 1. The topological polar surface area (TPSA) is 55.1 Å². The third-order valence-corrected chi connectivity index (χ3v) is 4.15. The molecule has 0 radical (unpaired) electrons. The van der Waals surface area contributed by atoms with E-state index in [2.05, 4.69) is 5.32 Å². The van der Waals surface area contributed by atoms with Gasteiger partial charge in [0.15, 0.2) is 0 Å². The molecule has 2 rings (SSSR count). The number of hydrogen-bond acceptors (Lipinski definition) is 2. The van der Waals surface area contributed by atoms with Crippen molar-refractivity contribution in [2.75, 3.05) is 6.54 Å². The Morgan fingerprint density at radius 2 is 2.20 bits per heavy atom. The fourth-order valence-corrected chi connectivity index (χ4v) is 2.68. The van der Waals surface area contributed by atoms with Crippen LogP contribution in [0.1, 0.15) is 32.3 Å². The molecule has 0 spiro atoms. The first-order valence-electron chi connectivity index (χ1n) is 7.18. The summed E-state index contributed by atoms with van der Waals surface area (Å²) in [6.07, 6.45) is 3.02. The molecule has 1 aliphatic carbocycles. The molecule has 1 atom stereocenters. The maximum absolute atomic E-state index is 12.5. The van der Waals surface area contributed by atoms with Crippen molar-refractivity contribution in [2.24, 2.45) is 17.1 Å². The second-order valence-electron chi connectivity index (χ2n) is 6.34. The van der Waals surface area contributed by atoms with Gasteiger partial charge in [0.1, 0.15) is 0 Å². The van der Waals surface area contributed by atoms with E-state index in [1.807, 2.05) is 38.1 Å². The number of carbonyl (C=O) groups excluding carboxylic acids is 1. The molecule has 110 valence electrons. The van der Waals surface area contributed by atoms with Crippen LogP contribution < -0.4 is 11.1 Å². The van der Waals surface area contributed by atoms with E-state index in [1.54, 1.807) is 0 Å². The molecule has 1 amide bonds. The molecule has 1 aliphatic rings. The van der Waals surface area contributed by atoms with E-state index in [4.69, 9.17) is 17.3 Å². The molecule has 1 aromatic rings. The van der Waals surface area contributed by atoms with Gasteiger partial charge in [0, 0.05) is 23.0 Å². The van der Waals surface area contributed by atoms with Gasteiger partial charge < -0.3 is 11.1 Å². The minimum Gasteiger partial charge on any atom is -0.351 e. The van der Waals surface area contributed by atoms with Crippen molar-refractivity contribution in [1.29, 1.82) is 0 Å². The van der Waals surface area contributed by atoms with Gasteiger partial charge in [0.25, 0.3) is 0 Å². The maximum Gasteiger partial charge on any atom is 0.226 e. The summed E-state index contributed by atoms with van der Waals surface area (Å²) in [5.41, 5.74) is 6.36. The Kier molecular flexibility index (Phi) is 4.71. The van der Waals surface area contributed by atoms with Crippen LogP contribution in [0, 0.1) is 11.3 Å². The summed E-state index contributed by atoms with van der Waals surface area (Å²) in [7, 11) is 0. The molecule has 1 aromatic carbocycles. The number of nitrogens with one attached hydrogen (secondary N) is 1. The normalized spacial score (nSPS) is 16.8. The maximum atomic E-state index is 12.5. The molecule has 20 heavy (non-hydrogen) atoms. The summed E-state index contributed by atoms with van der Waals surface area (Å²) in [4.78, 5) is 12.5. The molecule has 1 unspecified atom stereocenters. The van der Waals surface area contributed by atoms with E-state index >= 15 is 0 Å². The Morgan fingerprint density at radius 3 is 2.75 bits per heavy atom. The van der Waals surface area contributed by atoms with Gasteiger partial charge in [0.05, 0.1) is 0 Å². The summed E-state index contributed by atoms with van der Waals surface area (Å²) < 4.78 is 0. The van der Waals surface area contributed by atoms with Gasteiger partial charge in [-0.2, -0.15) is 0 Å². The Labute approximate surface area is 125 Å². The lowest BCUT2D eigenvalue weighted by atomic mass is 9.84. The molecule has 1 fully saturated rings. The van der Waals surface area contributed by atoms with Crippen molar-refractivity contribution in [3.63, 3.8) is 0 Å². The summed E-state index contributed by atoms with van der Waals surface area (Å²) in [5.74, 6) is 0.644. The lowest BCUT2D eigenvalue weighted by Gasteiger charge is -2.27. The first kappa shape index (κ1) is 15.3. The van der Waals surface area contributed by atoms with Crippen LogP contribution in [0.5, 0.6) is 0 Å². The molecule has 3 N–H and O–H groups in total. The van der Waals surface area contributed by atoms with E-state index in [9.17, 15) is 4.79 Å². The second-order valence-corrected chi connectivity index (χ2v) is 6.78. The van der Waals surface area contributed by atoms with Crippen molar-refractivity contribution in [1.82, 2.24) is 5.32 Å². The Bertz CT molecular complexity index is 483. The number of rotatable bonds is 6. The third-order valence-electron chi connectivity index (χ3n) is 3.91. The van der Waals surface area contributed by atoms with Gasteiger partial charge in [-0.15, -0.1) is 0 Å².